The third kappa shape index (κ3) is 5.27. The van der Waals surface area contributed by atoms with E-state index in [-0.39, 0.29) is 5.91 Å². The van der Waals surface area contributed by atoms with Crippen molar-refractivity contribution < 1.29 is 13.2 Å². The number of thiophene rings is 1. The van der Waals surface area contributed by atoms with Crippen molar-refractivity contribution in [3.8, 4) is 0 Å². The molecule has 2 heterocycles. The minimum atomic E-state index is -3.16. The molecule has 0 bridgehead atoms. The van der Waals surface area contributed by atoms with Crippen LogP contribution in [-0.2, 0) is 16.4 Å². The smallest absolute Gasteiger partial charge is 0.261 e. The van der Waals surface area contributed by atoms with E-state index in [1.54, 1.807) is 0 Å². The van der Waals surface area contributed by atoms with Gasteiger partial charge in [-0.15, -0.1) is 11.3 Å². The van der Waals surface area contributed by atoms with Gasteiger partial charge in [0.2, 0.25) is 10.0 Å². The lowest BCUT2D eigenvalue weighted by Gasteiger charge is -2.14. The number of nitrogens with one attached hydrogen (secondary N) is 2. The molecule has 1 aliphatic heterocycles. The molecule has 0 radical (unpaired) electrons. The predicted molar refractivity (Wildman–Crippen MR) is 95.9 cm³/mol. The van der Waals surface area contributed by atoms with Gasteiger partial charge in [0.15, 0.2) is 0 Å². The van der Waals surface area contributed by atoms with Crippen LogP contribution in [0.5, 0.6) is 0 Å². The highest BCUT2D eigenvalue weighted by molar-refractivity contribution is 7.88. The normalized spacial score (nSPS) is 22.0. The first-order chi connectivity index (χ1) is 11.4. The minimum Gasteiger partial charge on any atom is -0.351 e. The Kier molecular flexibility index (Phi) is 5.59. The zero-order chi connectivity index (χ0) is 17.2. The lowest BCUT2D eigenvalue weighted by atomic mass is 10.1. The van der Waals surface area contributed by atoms with Crippen LogP contribution in [0.2, 0.25) is 0 Å². The van der Waals surface area contributed by atoms with Gasteiger partial charge in [-0.1, -0.05) is 0 Å². The highest BCUT2D eigenvalue weighted by Gasteiger charge is 2.34. The van der Waals surface area contributed by atoms with Crippen LogP contribution in [0.1, 0.15) is 33.8 Å². The van der Waals surface area contributed by atoms with E-state index in [1.165, 1.54) is 37.1 Å². The average Bonchev–Trinajstić information content (AvgIpc) is 3.07. The molecule has 1 saturated carbocycles. The van der Waals surface area contributed by atoms with Crippen molar-refractivity contribution in [2.24, 2.45) is 5.92 Å². The summed E-state index contributed by atoms with van der Waals surface area (Å²) in [5.74, 6) is 0.542. The third-order valence-electron chi connectivity index (χ3n) is 4.55. The lowest BCUT2D eigenvalue weighted by molar-refractivity contribution is 0.0951. The quantitative estimate of drug-likeness (QED) is 0.716. The number of carbonyl (C=O) groups is 1. The summed E-state index contributed by atoms with van der Waals surface area (Å²) >= 11 is 1.43. The van der Waals surface area contributed by atoms with Gasteiger partial charge in [0.25, 0.3) is 5.91 Å². The molecule has 8 heteroatoms. The summed E-state index contributed by atoms with van der Waals surface area (Å²) in [4.78, 5) is 16.5. The minimum absolute atomic E-state index is 0.0211. The second-order valence-corrected chi connectivity index (χ2v) is 9.77. The van der Waals surface area contributed by atoms with Crippen LogP contribution in [0.15, 0.2) is 12.1 Å². The van der Waals surface area contributed by atoms with E-state index < -0.39 is 10.0 Å². The maximum Gasteiger partial charge on any atom is 0.261 e. The molecule has 2 N–H and O–H groups in total. The Morgan fingerprint density at radius 1 is 1.33 bits per heavy atom. The number of likely N-dealkylation sites (tertiary alicyclic amines) is 1. The molecule has 1 atom stereocenters. The monoisotopic (exact) mass is 371 g/mol. The summed E-state index contributed by atoms with van der Waals surface area (Å²) in [7, 11) is -3.16. The molecule has 6 nitrogen and oxygen atoms in total. The van der Waals surface area contributed by atoms with Gasteiger partial charge in [-0.2, -0.15) is 0 Å². The van der Waals surface area contributed by atoms with Crippen molar-refractivity contribution in [3.05, 3.63) is 21.9 Å². The zero-order valence-electron chi connectivity index (χ0n) is 14.0. The van der Waals surface area contributed by atoms with Gasteiger partial charge in [0, 0.05) is 30.6 Å². The summed E-state index contributed by atoms with van der Waals surface area (Å²) in [6.45, 7) is 3.38. The lowest BCUT2D eigenvalue weighted by Crippen LogP contribution is -2.31. The molecule has 2 fully saturated rings. The highest BCUT2D eigenvalue weighted by atomic mass is 32.2. The van der Waals surface area contributed by atoms with Crippen molar-refractivity contribution >= 4 is 27.3 Å². The van der Waals surface area contributed by atoms with E-state index in [9.17, 15) is 13.2 Å². The van der Waals surface area contributed by atoms with Gasteiger partial charge < -0.3 is 10.2 Å². The zero-order valence-corrected chi connectivity index (χ0v) is 15.6. The van der Waals surface area contributed by atoms with Crippen LogP contribution >= 0.6 is 11.3 Å². The molecular formula is C16H25N3O3S2. The van der Waals surface area contributed by atoms with E-state index >= 15 is 0 Å². The molecular weight excluding hydrogens is 346 g/mol. The maximum absolute atomic E-state index is 12.2. The summed E-state index contributed by atoms with van der Waals surface area (Å²) in [5, 5.41) is 3.05. The maximum atomic E-state index is 12.2. The van der Waals surface area contributed by atoms with Crippen LogP contribution in [0.25, 0.3) is 0 Å². The summed E-state index contributed by atoms with van der Waals surface area (Å²) in [6.07, 6.45) is 5.60. The van der Waals surface area contributed by atoms with Crippen molar-refractivity contribution in [3.63, 3.8) is 0 Å². The van der Waals surface area contributed by atoms with Gasteiger partial charge in [0.05, 0.1) is 11.1 Å². The largest absolute Gasteiger partial charge is 0.351 e. The Bertz CT molecular complexity index is 682. The molecule has 1 amide bonds. The Balaban J connectivity index is 1.40. The molecule has 2 aliphatic rings. The van der Waals surface area contributed by atoms with Crippen molar-refractivity contribution in [2.45, 2.75) is 31.7 Å². The number of nitrogens with zero attached hydrogens (tertiary/aromatic N) is 1. The van der Waals surface area contributed by atoms with E-state index in [4.69, 9.17) is 0 Å². The molecule has 1 aliphatic carbocycles. The second kappa shape index (κ2) is 7.51. The number of sulfonamides is 1. The van der Waals surface area contributed by atoms with Crippen LogP contribution < -0.4 is 10.0 Å². The standard InChI is InChI=1S/C16H25N3O3S2/c1-24(21,22)18-8-6-14-4-5-15(23-14)16(20)17-10-12-7-9-19(11-12)13-2-3-13/h4-5,12-13,18H,2-3,6-11H2,1H3,(H,17,20). The van der Waals surface area contributed by atoms with Gasteiger partial charge in [0.1, 0.15) is 0 Å². The van der Waals surface area contributed by atoms with Crippen molar-refractivity contribution in [1.82, 2.24) is 14.9 Å². The molecule has 1 aromatic heterocycles. The van der Waals surface area contributed by atoms with Gasteiger partial charge in [-0.3, -0.25) is 4.79 Å². The molecule has 134 valence electrons. The topological polar surface area (TPSA) is 78.5 Å². The average molecular weight is 372 g/mol. The molecule has 1 aromatic rings. The Morgan fingerprint density at radius 3 is 2.83 bits per heavy atom. The molecule has 0 spiro atoms. The van der Waals surface area contributed by atoms with E-state index in [2.05, 4.69) is 14.9 Å². The van der Waals surface area contributed by atoms with Crippen LogP contribution in [-0.4, -0.2) is 57.7 Å². The van der Waals surface area contributed by atoms with Crippen molar-refractivity contribution in [2.75, 3.05) is 32.4 Å². The van der Waals surface area contributed by atoms with Gasteiger partial charge >= 0.3 is 0 Å². The first kappa shape index (κ1) is 17.8. The molecule has 3 rings (SSSR count). The summed E-state index contributed by atoms with van der Waals surface area (Å²) in [6, 6.07) is 4.53. The molecule has 1 saturated heterocycles. The fourth-order valence-corrected chi connectivity index (χ4v) is 4.52. The first-order valence-corrected chi connectivity index (χ1v) is 11.2. The Labute approximate surface area is 147 Å². The highest BCUT2D eigenvalue weighted by Crippen LogP contribution is 2.31. The van der Waals surface area contributed by atoms with Crippen LogP contribution in [0, 0.1) is 5.92 Å². The number of amides is 1. The van der Waals surface area contributed by atoms with Gasteiger partial charge in [-0.25, -0.2) is 13.1 Å². The fraction of sp³-hybridized carbons (Fsp3) is 0.688. The van der Waals surface area contributed by atoms with Crippen LogP contribution in [0.4, 0.5) is 0 Å². The number of hydrogen-bond acceptors (Lipinski definition) is 5. The number of carbonyl (C=O) groups excluding carboxylic acids is 1. The van der Waals surface area contributed by atoms with E-state index in [0.29, 0.717) is 23.8 Å². The summed E-state index contributed by atoms with van der Waals surface area (Å²) in [5.41, 5.74) is 0. The third-order valence-corrected chi connectivity index (χ3v) is 6.43. The summed E-state index contributed by atoms with van der Waals surface area (Å²) < 4.78 is 24.5. The SMILES string of the molecule is CS(=O)(=O)NCCc1ccc(C(=O)NCC2CCN(C3CC3)C2)s1. The predicted octanol–water partition coefficient (Wildman–Crippen LogP) is 1.05. The number of rotatable bonds is 8. The molecule has 24 heavy (non-hydrogen) atoms. The molecule has 0 aromatic carbocycles. The fourth-order valence-electron chi connectivity index (χ4n) is 3.12. The Morgan fingerprint density at radius 2 is 2.12 bits per heavy atom. The number of hydrogen-bond donors (Lipinski definition) is 2. The van der Waals surface area contributed by atoms with E-state index in [0.717, 1.165) is 30.3 Å². The first-order valence-electron chi connectivity index (χ1n) is 8.46. The van der Waals surface area contributed by atoms with E-state index in [1.807, 2.05) is 12.1 Å². The van der Waals surface area contributed by atoms with Gasteiger partial charge in [-0.05, 0) is 50.3 Å². The molecule has 1 unspecified atom stereocenters. The Hall–Kier alpha value is -0.960. The van der Waals surface area contributed by atoms with Crippen LogP contribution in [0.3, 0.4) is 0 Å². The second-order valence-electron chi connectivity index (χ2n) is 6.77. The van der Waals surface area contributed by atoms with Crippen molar-refractivity contribution in [1.29, 1.82) is 0 Å².